The Morgan fingerprint density at radius 1 is 1.15 bits per heavy atom. The number of ether oxygens (including phenoxy) is 2. The third-order valence-electron chi connectivity index (χ3n) is 3.47. The maximum atomic E-state index is 12.6. The molecule has 0 aliphatic heterocycles. The molecule has 0 spiro atoms. The highest BCUT2D eigenvalue weighted by Gasteiger charge is 2.14. The number of phenols is 1. The van der Waals surface area contributed by atoms with Crippen LogP contribution in [0.5, 0.6) is 17.2 Å². The monoisotopic (exact) mass is 372 g/mol. The quantitative estimate of drug-likeness (QED) is 0.668. The lowest BCUT2D eigenvalue weighted by atomic mass is 10.2. The van der Waals surface area contributed by atoms with E-state index in [1.165, 1.54) is 17.8 Å². The molecule has 5 nitrogen and oxygen atoms in total. The molecule has 0 saturated carbocycles. The Hall–Kier alpha value is -2.60. The first-order valence-corrected chi connectivity index (χ1v) is 9.16. The van der Waals surface area contributed by atoms with E-state index in [1.807, 2.05) is 20.8 Å². The van der Waals surface area contributed by atoms with Gasteiger partial charge in [0.25, 0.3) is 0 Å². The molecular formula is C20H20O5S. The van der Waals surface area contributed by atoms with E-state index >= 15 is 0 Å². The molecule has 26 heavy (non-hydrogen) atoms. The van der Waals surface area contributed by atoms with E-state index in [-0.39, 0.29) is 17.3 Å². The van der Waals surface area contributed by atoms with Gasteiger partial charge >= 0.3 is 0 Å². The van der Waals surface area contributed by atoms with E-state index < -0.39 is 0 Å². The summed E-state index contributed by atoms with van der Waals surface area (Å²) >= 11 is 1.30. The minimum absolute atomic E-state index is 0.0109. The molecule has 0 fully saturated rings. The molecule has 0 aliphatic rings. The van der Waals surface area contributed by atoms with Gasteiger partial charge in [-0.15, -0.1) is 0 Å². The third kappa shape index (κ3) is 4.14. The molecule has 136 valence electrons. The average molecular weight is 372 g/mol. The van der Waals surface area contributed by atoms with Gasteiger partial charge in [0.05, 0.1) is 12.7 Å². The van der Waals surface area contributed by atoms with Crippen molar-refractivity contribution in [1.29, 1.82) is 0 Å². The van der Waals surface area contributed by atoms with Crippen LogP contribution >= 0.6 is 11.8 Å². The van der Waals surface area contributed by atoms with Crippen molar-refractivity contribution in [3.63, 3.8) is 0 Å². The number of hydrogen-bond donors (Lipinski definition) is 1. The van der Waals surface area contributed by atoms with Crippen molar-refractivity contribution in [3.05, 3.63) is 52.7 Å². The Labute approximate surface area is 155 Å². The number of benzene rings is 2. The van der Waals surface area contributed by atoms with E-state index in [4.69, 9.17) is 13.9 Å². The molecule has 1 aromatic heterocycles. The first-order chi connectivity index (χ1) is 12.5. The van der Waals surface area contributed by atoms with Crippen molar-refractivity contribution in [2.24, 2.45) is 0 Å². The van der Waals surface area contributed by atoms with Gasteiger partial charge < -0.3 is 19.0 Å². The number of hydrogen-bond acceptors (Lipinski definition) is 6. The summed E-state index contributed by atoms with van der Waals surface area (Å²) in [5.74, 6) is 1.23. The molecule has 2 aromatic carbocycles. The van der Waals surface area contributed by atoms with Gasteiger partial charge in [-0.1, -0.05) is 11.8 Å². The predicted molar refractivity (Wildman–Crippen MR) is 102 cm³/mol. The maximum absolute atomic E-state index is 12.6. The van der Waals surface area contributed by atoms with E-state index in [0.29, 0.717) is 34.2 Å². The molecule has 0 amide bonds. The first-order valence-electron chi connectivity index (χ1n) is 8.34. The molecule has 0 atom stereocenters. The molecule has 0 radical (unpaired) electrons. The van der Waals surface area contributed by atoms with E-state index in [1.54, 1.807) is 36.4 Å². The van der Waals surface area contributed by atoms with Gasteiger partial charge in [-0.2, -0.15) is 0 Å². The van der Waals surface area contributed by atoms with Gasteiger partial charge in [-0.3, -0.25) is 4.79 Å². The fourth-order valence-corrected chi connectivity index (χ4v) is 3.30. The molecule has 3 rings (SSSR count). The summed E-state index contributed by atoms with van der Waals surface area (Å²) in [4.78, 5) is 13.5. The summed E-state index contributed by atoms with van der Waals surface area (Å²) < 4.78 is 17.3. The van der Waals surface area contributed by atoms with Gasteiger partial charge in [0, 0.05) is 23.1 Å². The summed E-state index contributed by atoms with van der Waals surface area (Å²) in [6, 6.07) is 11.6. The van der Waals surface area contributed by atoms with Crippen LogP contribution in [0.25, 0.3) is 11.0 Å². The largest absolute Gasteiger partial charge is 0.508 e. The van der Waals surface area contributed by atoms with E-state index in [0.717, 1.165) is 4.90 Å². The number of aromatic hydroxyl groups is 1. The summed E-state index contributed by atoms with van der Waals surface area (Å²) in [6.45, 7) is 6.15. The number of fused-ring (bicyclic) bond motifs is 1. The molecule has 0 unspecified atom stereocenters. The maximum Gasteiger partial charge on any atom is 0.197 e. The van der Waals surface area contributed by atoms with Crippen LogP contribution in [-0.4, -0.2) is 17.8 Å². The highest BCUT2D eigenvalue weighted by molar-refractivity contribution is 7.99. The van der Waals surface area contributed by atoms with Gasteiger partial charge in [0.1, 0.15) is 28.2 Å². The van der Waals surface area contributed by atoms with E-state index in [2.05, 4.69) is 0 Å². The highest BCUT2D eigenvalue weighted by Crippen LogP contribution is 2.34. The fourth-order valence-electron chi connectivity index (χ4n) is 2.50. The Balaban J connectivity index is 2.07. The molecule has 6 heteroatoms. The van der Waals surface area contributed by atoms with Crippen molar-refractivity contribution in [2.45, 2.75) is 36.9 Å². The highest BCUT2D eigenvalue weighted by atomic mass is 32.2. The summed E-state index contributed by atoms with van der Waals surface area (Å²) in [5, 5.41) is 10.2. The van der Waals surface area contributed by atoms with Gasteiger partial charge in [0.15, 0.2) is 10.5 Å². The molecular weight excluding hydrogens is 352 g/mol. The van der Waals surface area contributed by atoms with Crippen LogP contribution in [0.2, 0.25) is 0 Å². The van der Waals surface area contributed by atoms with Crippen molar-refractivity contribution in [3.8, 4) is 17.2 Å². The zero-order chi connectivity index (χ0) is 18.7. The van der Waals surface area contributed by atoms with Crippen LogP contribution in [0.4, 0.5) is 0 Å². The lowest BCUT2D eigenvalue weighted by Crippen LogP contribution is -2.08. The molecule has 1 heterocycles. The minimum Gasteiger partial charge on any atom is -0.508 e. The summed E-state index contributed by atoms with van der Waals surface area (Å²) in [6.07, 6.45) is -0.0109. The van der Waals surface area contributed by atoms with Crippen LogP contribution in [0.3, 0.4) is 0 Å². The topological polar surface area (TPSA) is 68.9 Å². The Morgan fingerprint density at radius 3 is 2.54 bits per heavy atom. The van der Waals surface area contributed by atoms with E-state index in [9.17, 15) is 9.90 Å². The Morgan fingerprint density at radius 2 is 1.88 bits per heavy atom. The lowest BCUT2D eigenvalue weighted by molar-refractivity contribution is 0.240. The minimum atomic E-state index is -0.174. The molecule has 0 saturated heterocycles. The zero-order valence-corrected chi connectivity index (χ0v) is 15.6. The Bertz CT molecular complexity index is 960. The second-order valence-corrected chi connectivity index (χ2v) is 7.00. The summed E-state index contributed by atoms with van der Waals surface area (Å²) in [5.41, 5.74) is 0.243. The average Bonchev–Trinajstić information content (AvgIpc) is 2.56. The SMILES string of the molecule is CCOc1cc(OC(C)C)cc2oc(Sc3ccc(O)cc3)cc(=O)c12. The van der Waals surface area contributed by atoms with Crippen LogP contribution in [-0.2, 0) is 0 Å². The number of phenolic OH excluding ortho intramolecular Hbond substituents is 1. The van der Waals surface area contributed by atoms with Gasteiger partial charge in [-0.25, -0.2) is 0 Å². The first kappa shape index (κ1) is 18.2. The van der Waals surface area contributed by atoms with Crippen LogP contribution in [0.15, 0.2) is 61.7 Å². The predicted octanol–water partition coefficient (Wildman–Crippen LogP) is 4.84. The Kier molecular flexibility index (Phi) is 5.42. The van der Waals surface area contributed by atoms with Crippen molar-refractivity contribution in [1.82, 2.24) is 0 Å². The van der Waals surface area contributed by atoms with Crippen molar-refractivity contribution in [2.75, 3.05) is 6.61 Å². The molecule has 1 N–H and O–H groups in total. The molecule has 3 aromatic rings. The molecule has 0 aliphatic carbocycles. The normalized spacial score (nSPS) is 11.1. The third-order valence-corrected chi connectivity index (χ3v) is 4.38. The van der Waals surface area contributed by atoms with Crippen molar-refractivity contribution >= 4 is 22.7 Å². The summed E-state index contributed by atoms with van der Waals surface area (Å²) in [7, 11) is 0. The standard InChI is InChI=1S/C20H20O5S/c1-4-23-17-9-14(24-12(2)3)10-18-20(17)16(22)11-19(25-18)26-15-7-5-13(21)6-8-15/h5-12,21H,4H2,1-3H3. The van der Waals surface area contributed by atoms with Crippen LogP contribution < -0.4 is 14.9 Å². The number of rotatable bonds is 6. The van der Waals surface area contributed by atoms with Gasteiger partial charge in [-0.05, 0) is 45.0 Å². The second kappa shape index (κ2) is 7.74. The van der Waals surface area contributed by atoms with Crippen molar-refractivity contribution < 1.29 is 19.0 Å². The smallest absolute Gasteiger partial charge is 0.197 e. The van der Waals surface area contributed by atoms with Crippen LogP contribution in [0.1, 0.15) is 20.8 Å². The second-order valence-electron chi connectivity index (χ2n) is 5.92. The fraction of sp³-hybridized carbons (Fsp3) is 0.250. The van der Waals surface area contributed by atoms with Gasteiger partial charge in [0.2, 0.25) is 0 Å². The molecule has 0 bridgehead atoms. The lowest BCUT2D eigenvalue weighted by Gasteiger charge is -2.13. The zero-order valence-electron chi connectivity index (χ0n) is 14.8. The van der Waals surface area contributed by atoms with Crippen LogP contribution in [0, 0.1) is 0 Å².